The van der Waals surface area contributed by atoms with Crippen molar-refractivity contribution in [2.45, 2.75) is 32.4 Å². The number of rotatable bonds is 8. The number of amides is 1. The van der Waals surface area contributed by atoms with Crippen LogP contribution in [0.15, 0.2) is 48.0 Å². The lowest BCUT2D eigenvalue weighted by Crippen LogP contribution is -2.26. The number of hydrogen-bond donors (Lipinski definition) is 1. The molecule has 1 aliphatic carbocycles. The number of nitrogens with zero attached hydrogens (tertiary/aromatic N) is 1. The van der Waals surface area contributed by atoms with Crippen LogP contribution in [0.5, 0.6) is 11.5 Å². The third-order valence-corrected chi connectivity index (χ3v) is 4.16. The Bertz CT molecular complexity index is 912. The minimum absolute atomic E-state index is 0.0503. The SMILES string of the molecule is CCOc1cc(/C=C(\C#N)C(=O)NC2CC2)ccc1OCc1ccc(F)cc1. The fourth-order valence-corrected chi connectivity index (χ4v) is 2.55. The predicted octanol–water partition coefficient (Wildman–Crippen LogP) is 3.99. The van der Waals surface area contributed by atoms with E-state index in [1.807, 2.05) is 13.0 Å². The van der Waals surface area contributed by atoms with Crippen LogP contribution in [0, 0.1) is 17.1 Å². The van der Waals surface area contributed by atoms with E-state index in [2.05, 4.69) is 5.32 Å². The predicted molar refractivity (Wildman–Crippen MR) is 103 cm³/mol. The number of ether oxygens (including phenoxy) is 2. The topological polar surface area (TPSA) is 71.3 Å². The van der Waals surface area contributed by atoms with Gasteiger partial charge in [-0.05, 0) is 61.2 Å². The molecule has 0 heterocycles. The maximum Gasteiger partial charge on any atom is 0.262 e. The van der Waals surface area contributed by atoms with Gasteiger partial charge < -0.3 is 14.8 Å². The molecule has 3 rings (SSSR count). The van der Waals surface area contributed by atoms with E-state index in [0.29, 0.717) is 23.7 Å². The van der Waals surface area contributed by atoms with Gasteiger partial charge in [-0.25, -0.2) is 4.39 Å². The summed E-state index contributed by atoms with van der Waals surface area (Å²) in [5, 5.41) is 12.1. The standard InChI is InChI=1S/C22H21FN2O3/c1-2-27-21-12-16(11-17(13-24)22(26)25-19-8-9-19)5-10-20(21)28-14-15-3-6-18(23)7-4-15/h3-7,10-12,19H,2,8-9,14H2,1H3,(H,25,26)/b17-11+. The fraction of sp³-hybridized carbons (Fsp3) is 0.273. The summed E-state index contributed by atoms with van der Waals surface area (Å²) < 4.78 is 24.4. The van der Waals surface area contributed by atoms with Gasteiger partial charge in [0.05, 0.1) is 6.61 Å². The van der Waals surface area contributed by atoms with E-state index in [4.69, 9.17) is 9.47 Å². The Morgan fingerprint density at radius 3 is 2.61 bits per heavy atom. The zero-order chi connectivity index (χ0) is 19.9. The van der Waals surface area contributed by atoms with Crippen LogP contribution in [0.4, 0.5) is 4.39 Å². The largest absolute Gasteiger partial charge is 0.490 e. The van der Waals surface area contributed by atoms with E-state index in [-0.39, 0.29) is 29.9 Å². The number of benzene rings is 2. The highest BCUT2D eigenvalue weighted by Crippen LogP contribution is 2.30. The second-order valence-electron chi connectivity index (χ2n) is 6.47. The Morgan fingerprint density at radius 2 is 1.96 bits per heavy atom. The number of halogens is 1. The summed E-state index contributed by atoms with van der Waals surface area (Å²) in [7, 11) is 0. The highest BCUT2D eigenvalue weighted by atomic mass is 19.1. The van der Waals surface area contributed by atoms with E-state index >= 15 is 0 Å². The summed E-state index contributed by atoms with van der Waals surface area (Å²) >= 11 is 0. The Kier molecular flexibility index (Phi) is 6.28. The van der Waals surface area contributed by atoms with E-state index in [1.165, 1.54) is 18.2 Å². The lowest BCUT2D eigenvalue weighted by Gasteiger charge is -2.13. The van der Waals surface area contributed by atoms with Gasteiger partial charge in [-0.15, -0.1) is 0 Å². The van der Waals surface area contributed by atoms with Gasteiger partial charge in [0.2, 0.25) is 0 Å². The molecule has 1 aliphatic rings. The van der Waals surface area contributed by atoms with Gasteiger partial charge in [0, 0.05) is 6.04 Å². The number of nitrogens with one attached hydrogen (secondary N) is 1. The van der Waals surface area contributed by atoms with Crippen molar-refractivity contribution in [3.63, 3.8) is 0 Å². The summed E-state index contributed by atoms with van der Waals surface area (Å²) in [5.41, 5.74) is 1.55. The number of carbonyl (C=O) groups excluding carboxylic acids is 1. The van der Waals surface area contributed by atoms with Crippen molar-refractivity contribution in [3.8, 4) is 17.6 Å². The zero-order valence-electron chi connectivity index (χ0n) is 15.6. The highest BCUT2D eigenvalue weighted by molar-refractivity contribution is 6.02. The molecule has 0 radical (unpaired) electrons. The zero-order valence-corrected chi connectivity index (χ0v) is 15.6. The molecule has 2 aromatic rings. The number of hydrogen-bond acceptors (Lipinski definition) is 4. The van der Waals surface area contributed by atoms with Gasteiger partial charge in [-0.3, -0.25) is 4.79 Å². The number of carbonyl (C=O) groups is 1. The molecule has 0 atom stereocenters. The third-order valence-electron chi connectivity index (χ3n) is 4.16. The Labute approximate surface area is 163 Å². The van der Waals surface area contributed by atoms with Crippen molar-refractivity contribution in [2.24, 2.45) is 0 Å². The number of nitriles is 1. The van der Waals surface area contributed by atoms with Crippen LogP contribution in [0.2, 0.25) is 0 Å². The fourth-order valence-electron chi connectivity index (χ4n) is 2.55. The van der Waals surface area contributed by atoms with Gasteiger partial charge in [-0.1, -0.05) is 18.2 Å². The average Bonchev–Trinajstić information content (AvgIpc) is 3.51. The van der Waals surface area contributed by atoms with Crippen molar-refractivity contribution < 1.29 is 18.7 Å². The van der Waals surface area contributed by atoms with Crippen LogP contribution in [0.3, 0.4) is 0 Å². The van der Waals surface area contributed by atoms with Gasteiger partial charge in [0.1, 0.15) is 24.1 Å². The maximum absolute atomic E-state index is 13.0. The average molecular weight is 380 g/mol. The van der Waals surface area contributed by atoms with E-state index in [0.717, 1.165) is 18.4 Å². The highest BCUT2D eigenvalue weighted by Gasteiger charge is 2.24. The van der Waals surface area contributed by atoms with E-state index in [9.17, 15) is 14.4 Å². The summed E-state index contributed by atoms with van der Waals surface area (Å²) in [6.07, 6.45) is 3.45. The first-order valence-corrected chi connectivity index (χ1v) is 9.15. The molecule has 0 aromatic heterocycles. The first-order chi connectivity index (χ1) is 13.6. The Balaban J connectivity index is 1.75. The lowest BCUT2D eigenvalue weighted by atomic mass is 10.1. The minimum Gasteiger partial charge on any atom is -0.490 e. The van der Waals surface area contributed by atoms with Crippen LogP contribution in [0.25, 0.3) is 6.08 Å². The Hall–Kier alpha value is -3.33. The van der Waals surface area contributed by atoms with E-state index in [1.54, 1.807) is 30.3 Å². The van der Waals surface area contributed by atoms with Crippen LogP contribution < -0.4 is 14.8 Å². The second-order valence-corrected chi connectivity index (χ2v) is 6.47. The molecular formula is C22H21FN2O3. The minimum atomic E-state index is -0.361. The molecule has 0 aliphatic heterocycles. The molecular weight excluding hydrogens is 359 g/mol. The van der Waals surface area contributed by atoms with Crippen LogP contribution in [-0.2, 0) is 11.4 Å². The first kappa shape index (κ1) is 19.4. The van der Waals surface area contributed by atoms with Crippen LogP contribution >= 0.6 is 0 Å². The lowest BCUT2D eigenvalue weighted by molar-refractivity contribution is -0.117. The first-order valence-electron chi connectivity index (χ1n) is 9.15. The molecule has 1 N–H and O–H groups in total. The van der Waals surface area contributed by atoms with Crippen LogP contribution in [-0.4, -0.2) is 18.6 Å². The van der Waals surface area contributed by atoms with Gasteiger partial charge in [-0.2, -0.15) is 5.26 Å². The van der Waals surface area contributed by atoms with Crippen molar-refractivity contribution >= 4 is 12.0 Å². The summed E-state index contributed by atoms with van der Waals surface area (Å²) in [5.74, 6) is 0.385. The molecule has 5 nitrogen and oxygen atoms in total. The molecule has 1 amide bonds. The van der Waals surface area contributed by atoms with E-state index < -0.39 is 0 Å². The molecule has 0 saturated heterocycles. The van der Waals surface area contributed by atoms with Gasteiger partial charge >= 0.3 is 0 Å². The molecule has 144 valence electrons. The van der Waals surface area contributed by atoms with Crippen molar-refractivity contribution in [1.29, 1.82) is 5.26 Å². The molecule has 1 saturated carbocycles. The maximum atomic E-state index is 13.0. The third kappa shape index (κ3) is 5.34. The monoisotopic (exact) mass is 380 g/mol. The summed E-state index contributed by atoms with van der Waals surface area (Å²) in [6, 6.07) is 13.4. The smallest absolute Gasteiger partial charge is 0.262 e. The van der Waals surface area contributed by atoms with Gasteiger partial charge in [0.15, 0.2) is 11.5 Å². The molecule has 2 aromatic carbocycles. The normalized spacial score (nSPS) is 13.5. The second kappa shape index (κ2) is 9.05. The summed E-state index contributed by atoms with van der Waals surface area (Å²) in [4.78, 5) is 12.1. The molecule has 28 heavy (non-hydrogen) atoms. The molecule has 0 spiro atoms. The molecule has 0 bridgehead atoms. The van der Waals surface area contributed by atoms with Crippen molar-refractivity contribution in [1.82, 2.24) is 5.32 Å². The van der Waals surface area contributed by atoms with Crippen LogP contribution in [0.1, 0.15) is 30.9 Å². The Morgan fingerprint density at radius 1 is 1.21 bits per heavy atom. The quantitative estimate of drug-likeness (QED) is 0.555. The molecule has 1 fully saturated rings. The van der Waals surface area contributed by atoms with Crippen molar-refractivity contribution in [2.75, 3.05) is 6.61 Å². The van der Waals surface area contributed by atoms with Crippen molar-refractivity contribution in [3.05, 3.63) is 65.0 Å². The summed E-state index contributed by atoms with van der Waals surface area (Å²) in [6.45, 7) is 2.56. The molecule has 0 unspecified atom stereocenters. The molecule has 6 heteroatoms. The van der Waals surface area contributed by atoms with Gasteiger partial charge in [0.25, 0.3) is 5.91 Å².